The van der Waals surface area contributed by atoms with Crippen LogP contribution in [0, 0.1) is 11.8 Å². The number of aliphatic hydroxyl groups is 5. The van der Waals surface area contributed by atoms with Crippen LogP contribution < -0.4 is 0 Å². The number of hydrogen-bond donors (Lipinski definition) is 5. The fraction of sp³-hybridized carbons (Fsp3) is 0.640. The molecule has 1 aromatic carbocycles. The Morgan fingerprint density at radius 1 is 1.23 bits per heavy atom. The van der Waals surface area contributed by atoms with E-state index in [-0.39, 0.29) is 12.8 Å². The van der Waals surface area contributed by atoms with Crippen molar-refractivity contribution >= 4 is 5.97 Å². The fourth-order valence-corrected chi connectivity index (χ4v) is 5.30. The second-order valence-corrected chi connectivity index (χ2v) is 9.93. The number of rotatable bonds is 7. The minimum atomic E-state index is -1.80. The minimum absolute atomic E-state index is 0.0579. The molecule has 1 aromatic rings. The lowest BCUT2D eigenvalue weighted by molar-refractivity contribution is -0.324. The van der Waals surface area contributed by atoms with Crippen LogP contribution in [-0.4, -0.2) is 86.3 Å². The Morgan fingerprint density at radius 2 is 1.94 bits per heavy atom. The summed E-state index contributed by atoms with van der Waals surface area (Å²) in [4.78, 5) is 13.1. The quantitative estimate of drug-likeness (QED) is 0.327. The van der Waals surface area contributed by atoms with Gasteiger partial charge in [-0.05, 0) is 25.0 Å². The molecule has 3 aliphatic rings. The van der Waals surface area contributed by atoms with Crippen molar-refractivity contribution in [3.8, 4) is 0 Å². The second kappa shape index (κ2) is 10.1. The SMILES string of the molecule is CC(Cc1ccccc1)C(=O)O[C@@]1(C)C[C@@H](O)[C@]2(O)C=CO[C@@H](O[C@H]3C[C@@H](O)[C@H](O)[C@@H](CO)O3)[C@@H]21. The van der Waals surface area contributed by atoms with Crippen molar-refractivity contribution in [3.05, 3.63) is 48.2 Å². The number of benzene rings is 1. The van der Waals surface area contributed by atoms with Gasteiger partial charge in [0.25, 0.3) is 0 Å². The Labute approximate surface area is 203 Å². The molecule has 5 N–H and O–H groups in total. The average Bonchev–Trinajstić information content (AvgIpc) is 3.02. The third kappa shape index (κ3) is 5.10. The number of fused-ring (bicyclic) bond motifs is 1. The van der Waals surface area contributed by atoms with E-state index in [4.69, 9.17) is 18.9 Å². The number of hydrogen-bond acceptors (Lipinski definition) is 10. The van der Waals surface area contributed by atoms with Crippen LogP contribution in [0.15, 0.2) is 42.7 Å². The van der Waals surface area contributed by atoms with E-state index in [2.05, 4.69) is 0 Å². The first kappa shape index (κ1) is 26.0. The summed E-state index contributed by atoms with van der Waals surface area (Å²) in [6.07, 6.45) is -4.31. The van der Waals surface area contributed by atoms with Gasteiger partial charge < -0.3 is 44.5 Å². The fourth-order valence-electron chi connectivity index (χ4n) is 5.30. The van der Waals surface area contributed by atoms with E-state index in [1.165, 1.54) is 12.3 Å². The van der Waals surface area contributed by atoms with E-state index in [9.17, 15) is 30.3 Å². The van der Waals surface area contributed by atoms with Crippen LogP contribution in [0.2, 0.25) is 0 Å². The van der Waals surface area contributed by atoms with Crippen molar-refractivity contribution in [1.82, 2.24) is 0 Å². The van der Waals surface area contributed by atoms with E-state index in [1.807, 2.05) is 30.3 Å². The summed E-state index contributed by atoms with van der Waals surface area (Å²) in [6, 6.07) is 9.51. The molecule has 1 saturated heterocycles. The summed E-state index contributed by atoms with van der Waals surface area (Å²) in [7, 11) is 0. The monoisotopic (exact) mass is 494 g/mol. The van der Waals surface area contributed by atoms with Gasteiger partial charge in [-0.15, -0.1) is 0 Å². The maximum atomic E-state index is 13.1. The lowest BCUT2D eigenvalue weighted by atomic mass is 9.81. The topological polar surface area (TPSA) is 155 Å². The van der Waals surface area contributed by atoms with Crippen LogP contribution in [0.5, 0.6) is 0 Å². The molecular weight excluding hydrogens is 460 g/mol. The van der Waals surface area contributed by atoms with E-state index in [0.29, 0.717) is 6.42 Å². The molecule has 2 heterocycles. The highest BCUT2D eigenvalue weighted by Gasteiger charge is 2.66. The molecule has 2 aliphatic heterocycles. The van der Waals surface area contributed by atoms with Gasteiger partial charge in [0.15, 0.2) is 6.29 Å². The van der Waals surface area contributed by atoms with Crippen molar-refractivity contribution in [2.24, 2.45) is 11.8 Å². The first-order valence-electron chi connectivity index (χ1n) is 11.9. The Kier molecular flexibility index (Phi) is 7.54. The molecule has 35 heavy (non-hydrogen) atoms. The molecule has 0 radical (unpaired) electrons. The van der Waals surface area contributed by atoms with Gasteiger partial charge in [0.1, 0.15) is 23.4 Å². The molecule has 0 spiro atoms. The first-order valence-corrected chi connectivity index (χ1v) is 11.9. The third-order valence-electron chi connectivity index (χ3n) is 7.23. The van der Waals surface area contributed by atoms with Crippen LogP contribution in [-0.2, 0) is 30.2 Å². The number of aliphatic hydroxyl groups excluding tert-OH is 4. The van der Waals surface area contributed by atoms with Gasteiger partial charge in [-0.1, -0.05) is 37.3 Å². The zero-order valence-electron chi connectivity index (χ0n) is 19.8. The van der Waals surface area contributed by atoms with Crippen LogP contribution in [0.25, 0.3) is 0 Å². The maximum absolute atomic E-state index is 13.1. The van der Waals surface area contributed by atoms with Gasteiger partial charge in [0.05, 0.1) is 36.9 Å². The van der Waals surface area contributed by atoms with Crippen molar-refractivity contribution < 1.29 is 49.3 Å². The molecular formula is C25H34O10. The highest BCUT2D eigenvalue weighted by Crippen LogP contribution is 2.51. The Balaban J connectivity index is 1.51. The largest absolute Gasteiger partial charge is 0.472 e. The van der Waals surface area contributed by atoms with E-state index in [0.717, 1.165) is 5.56 Å². The standard InChI is InChI=1S/C25H34O10/c1-14(10-15-6-4-3-5-7-15)22(30)35-24(2)12-18(28)25(31)8-9-32-23(21(24)25)34-19-11-16(27)20(29)17(13-26)33-19/h3-9,14,16-21,23,26-29,31H,10-13H2,1-2H3/t14?,16-,17-,18-,19+,20+,21-,23+,24+,25-/m1/s1. The molecule has 2 fully saturated rings. The summed E-state index contributed by atoms with van der Waals surface area (Å²) >= 11 is 0. The highest BCUT2D eigenvalue weighted by atomic mass is 16.8. The van der Waals surface area contributed by atoms with E-state index >= 15 is 0 Å². The van der Waals surface area contributed by atoms with Crippen molar-refractivity contribution in [2.75, 3.05) is 6.61 Å². The zero-order valence-corrected chi connectivity index (χ0v) is 19.8. The average molecular weight is 495 g/mol. The minimum Gasteiger partial charge on any atom is -0.472 e. The number of carbonyl (C=O) groups is 1. The second-order valence-electron chi connectivity index (χ2n) is 9.93. The van der Waals surface area contributed by atoms with Crippen molar-refractivity contribution in [1.29, 1.82) is 0 Å². The number of esters is 1. The van der Waals surface area contributed by atoms with Crippen LogP contribution in [0.1, 0.15) is 32.3 Å². The molecule has 0 amide bonds. The number of ether oxygens (including phenoxy) is 4. The molecule has 1 unspecified atom stereocenters. The molecule has 1 saturated carbocycles. The van der Waals surface area contributed by atoms with Gasteiger partial charge in [-0.2, -0.15) is 0 Å². The van der Waals surface area contributed by atoms with Gasteiger partial charge in [0, 0.05) is 12.8 Å². The van der Waals surface area contributed by atoms with Gasteiger partial charge in [0.2, 0.25) is 6.29 Å². The molecule has 10 heteroatoms. The summed E-state index contributed by atoms with van der Waals surface area (Å²) in [6.45, 7) is 2.82. The molecule has 0 aromatic heterocycles. The van der Waals surface area contributed by atoms with Gasteiger partial charge in [-0.25, -0.2) is 0 Å². The molecule has 194 valence electrons. The maximum Gasteiger partial charge on any atom is 0.309 e. The van der Waals surface area contributed by atoms with Crippen LogP contribution in [0.4, 0.5) is 0 Å². The van der Waals surface area contributed by atoms with Gasteiger partial charge in [-0.3, -0.25) is 4.79 Å². The lowest BCUT2D eigenvalue weighted by Gasteiger charge is -2.45. The predicted molar refractivity (Wildman–Crippen MR) is 120 cm³/mol. The van der Waals surface area contributed by atoms with Crippen LogP contribution >= 0.6 is 0 Å². The van der Waals surface area contributed by atoms with Crippen LogP contribution in [0.3, 0.4) is 0 Å². The molecule has 10 atom stereocenters. The third-order valence-corrected chi connectivity index (χ3v) is 7.23. The normalized spacial score (nSPS) is 41.6. The molecule has 10 nitrogen and oxygen atoms in total. The lowest BCUT2D eigenvalue weighted by Crippen LogP contribution is -2.58. The Hall–Kier alpha value is -2.05. The van der Waals surface area contributed by atoms with E-state index in [1.54, 1.807) is 13.8 Å². The molecule has 1 aliphatic carbocycles. The predicted octanol–water partition coefficient (Wildman–Crippen LogP) is -0.00530. The first-order chi connectivity index (χ1) is 16.6. The smallest absolute Gasteiger partial charge is 0.309 e. The highest BCUT2D eigenvalue weighted by molar-refractivity contribution is 5.73. The summed E-state index contributed by atoms with van der Waals surface area (Å²) in [5.41, 5.74) is -2.18. The summed E-state index contributed by atoms with van der Waals surface area (Å²) in [5.74, 6) is -2.00. The Morgan fingerprint density at radius 3 is 2.63 bits per heavy atom. The van der Waals surface area contributed by atoms with Crippen molar-refractivity contribution in [2.45, 2.75) is 81.3 Å². The number of carbonyl (C=O) groups excluding carboxylic acids is 1. The van der Waals surface area contributed by atoms with Crippen molar-refractivity contribution in [3.63, 3.8) is 0 Å². The summed E-state index contributed by atoms with van der Waals surface area (Å²) < 4.78 is 23.0. The molecule has 0 bridgehead atoms. The Bertz CT molecular complexity index is 909. The molecule has 4 rings (SSSR count). The zero-order chi connectivity index (χ0) is 25.4. The van der Waals surface area contributed by atoms with Gasteiger partial charge >= 0.3 is 5.97 Å². The van der Waals surface area contributed by atoms with E-state index < -0.39 is 72.6 Å². The summed E-state index contributed by atoms with van der Waals surface area (Å²) in [5, 5.41) is 51.6.